The normalized spacial score (nSPS) is 15.1. The molecular formula is C26H21ClN2O4. The molecule has 33 heavy (non-hydrogen) atoms. The fourth-order valence-corrected chi connectivity index (χ4v) is 3.70. The average molecular weight is 461 g/mol. The Bertz CT molecular complexity index is 1300. The first-order valence-corrected chi connectivity index (χ1v) is 10.7. The van der Waals surface area contributed by atoms with E-state index in [1.165, 1.54) is 6.08 Å². The van der Waals surface area contributed by atoms with Gasteiger partial charge in [0, 0.05) is 5.02 Å². The van der Waals surface area contributed by atoms with Gasteiger partial charge in [-0.2, -0.15) is 0 Å². The topological polar surface area (TPSA) is 75.7 Å². The number of barbiturate groups is 1. The van der Waals surface area contributed by atoms with Crippen LogP contribution in [0.4, 0.5) is 10.5 Å². The molecule has 6 nitrogen and oxygen atoms in total. The molecule has 0 saturated carbocycles. The van der Waals surface area contributed by atoms with Gasteiger partial charge in [-0.3, -0.25) is 14.9 Å². The molecule has 7 heteroatoms. The van der Waals surface area contributed by atoms with Crippen molar-refractivity contribution in [3.05, 3.63) is 99.6 Å². The standard InChI is InChI=1S/C26H21ClN2O4/c1-16-9-10-17(2)23(11-16)29-25(31)22(24(30)28-26(29)32)14-18-5-4-8-21(13-18)33-15-19-6-3-7-20(27)12-19/h3-14H,15H2,1-2H3,(H,28,30,32)/b22-14-. The van der Waals surface area contributed by atoms with Crippen LogP contribution in [0.5, 0.6) is 5.75 Å². The van der Waals surface area contributed by atoms with Crippen molar-refractivity contribution in [2.45, 2.75) is 20.5 Å². The minimum absolute atomic E-state index is 0.137. The van der Waals surface area contributed by atoms with Gasteiger partial charge in [0.25, 0.3) is 11.8 Å². The number of carbonyl (C=O) groups excluding carboxylic acids is 3. The highest BCUT2D eigenvalue weighted by Gasteiger charge is 2.37. The third-order valence-electron chi connectivity index (χ3n) is 5.17. The molecule has 1 aliphatic rings. The maximum atomic E-state index is 13.2. The zero-order chi connectivity index (χ0) is 23.5. The minimum Gasteiger partial charge on any atom is -0.489 e. The Balaban J connectivity index is 1.60. The van der Waals surface area contributed by atoms with Gasteiger partial charge in [0.15, 0.2) is 0 Å². The van der Waals surface area contributed by atoms with Crippen molar-refractivity contribution in [3.8, 4) is 5.75 Å². The number of hydrogen-bond acceptors (Lipinski definition) is 4. The number of carbonyl (C=O) groups is 3. The van der Waals surface area contributed by atoms with Crippen LogP contribution >= 0.6 is 11.6 Å². The molecule has 0 spiro atoms. The van der Waals surface area contributed by atoms with E-state index in [-0.39, 0.29) is 5.57 Å². The van der Waals surface area contributed by atoms with E-state index < -0.39 is 17.8 Å². The number of benzene rings is 3. The SMILES string of the molecule is Cc1ccc(C)c(N2C(=O)NC(=O)/C(=C/c3cccc(OCc4cccc(Cl)c4)c3)C2=O)c1. The van der Waals surface area contributed by atoms with E-state index >= 15 is 0 Å². The summed E-state index contributed by atoms with van der Waals surface area (Å²) in [6, 6.07) is 19.1. The van der Waals surface area contributed by atoms with Gasteiger partial charge in [0.1, 0.15) is 17.9 Å². The molecule has 0 aliphatic carbocycles. The lowest BCUT2D eigenvalue weighted by Gasteiger charge is -2.27. The molecule has 1 N–H and O–H groups in total. The van der Waals surface area contributed by atoms with E-state index in [4.69, 9.17) is 16.3 Å². The molecule has 166 valence electrons. The Morgan fingerprint density at radius 1 is 0.970 bits per heavy atom. The molecule has 1 heterocycles. The molecule has 0 radical (unpaired) electrons. The summed E-state index contributed by atoms with van der Waals surface area (Å²) >= 11 is 6.01. The highest BCUT2D eigenvalue weighted by atomic mass is 35.5. The van der Waals surface area contributed by atoms with Crippen LogP contribution in [0.25, 0.3) is 6.08 Å². The number of imide groups is 2. The van der Waals surface area contributed by atoms with E-state index in [9.17, 15) is 14.4 Å². The van der Waals surface area contributed by atoms with Crippen LogP contribution in [0.1, 0.15) is 22.3 Å². The number of hydrogen-bond donors (Lipinski definition) is 1. The quantitative estimate of drug-likeness (QED) is 0.419. The second-order valence-electron chi connectivity index (χ2n) is 7.74. The van der Waals surface area contributed by atoms with E-state index in [1.54, 1.807) is 43.3 Å². The number of urea groups is 1. The molecule has 3 aromatic carbocycles. The number of nitrogens with one attached hydrogen (secondary N) is 1. The summed E-state index contributed by atoms with van der Waals surface area (Å²) in [6.07, 6.45) is 1.45. The Hall–Kier alpha value is -3.90. The Kier molecular flexibility index (Phi) is 6.29. The summed E-state index contributed by atoms with van der Waals surface area (Å²) < 4.78 is 5.83. The van der Waals surface area contributed by atoms with Crippen molar-refractivity contribution in [2.24, 2.45) is 0 Å². The molecule has 1 aliphatic heterocycles. The highest BCUT2D eigenvalue weighted by Crippen LogP contribution is 2.27. The number of ether oxygens (including phenoxy) is 1. The Labute approximate surface area is 196 Å². The number of rotatable bonds is 5. The van der Waals surface area contributed by atoms with Crippen molar-refractivity contribution in [1.29, 1.82) is 0 Å². The largest absolute Gasteiger partial charge is 0.489 e. The van der Waals surface area contributed by atoms with Crippen molar-refractivity contribution in [2.75, 3.05) is 4.90 Å². The van der Waals surface area contributed by atoms with Crippen molar-refractivity contribution < 1.29 is 19.1 Å². The summed E-state index contributed by atoms with van der Waals surface area (Å²) in [7, 11) is 0. The first kappa shape index (κ1) is 22.3. The van der Waals surface area contributed by atoms with E-state index in [2.05, 4.69) is 5.32 Å². The highest BCUT2D eigenvalue weighted by molar-refractivity contribution is 6.39. The van der Waals surface area contributed by atoms with Gasteiger partial charge >= 0.3 is 6.03 Å². The molecule has 1 fully saturated rings. The average Bonchev–Trinajstić information content (AvgIpc) is 2.78. The summed E-state index contributed by atoms with van der Waals surface area (Å²) in [5, 5.41) is 2.88. The molecule has 4 rings (SSSR count). The van der Waals surface area contributed by atoms with Gasteiger partial charge in [-0.1, -0.05) is 48.0 Å². The van der Waals surface area contributed by atoms with Crippen molar-refractivity contribution >= 4 is 41.2 Å². The summed E-state index contributed by atoms with van der Waals surface area (Å²) in [5.74, 6) is -0.852. The van der Waals surface area contributed by atoms with Crippen LogP contribution in [0.15, 0.2) is 72.3 Å². The fourth-order valence-electron chi connectivity index (χ4n) is 3.49. The third kappa shape index (κ3) is 4.96. The molecule has 0 atom stereocenters. The number of aryl methyl sites for hydroxylation is 2. The summed E-state index contributed by atoms with van der Waals surface area (Å²) in [4.78, 5) is 39.1. The van der Waals surface area contributed by atoms with E-state index in [0.29, 0.717) is 28.6 Å². The number of halogens is 1. The van der Waals surface area contributed by atoms with Crippen molar-refractivity contribution in [1.82, 2.24) is 5.32 Å². The number of anilines is 1. The van der Waals surface area contributed by atoms with Gasteiger partial charge in [0.2, 0.25) is 0 Å². The van der Waals surface area contributed by atoms with Gasteiger partial charge in [-0.25, -0.2) is 9.69 Å². The van der Waals surface area contributed by atoms with Crippen LogP contribution in [-0.2, 0) is 16.2 Å². The minimum atomic E-state index is -0.769. The van der Waals surface area contributed by atoms with Gasteiger partial charge in [-0.15, -0.1) is 0 Å². The number of amides is 4. The first-order chi connectivity index (χ1) is 15.8. The van der Waals surface area contributed by atoms with E-state index in [0.717, 1.165) is 21.6 Å². The molecule has 3 aromatic rings. The van der Waals surface area contributed by atoms with Crippen LogP contribution in [0.3, 0.4) is 0 Å². The Morgan fingerprint density at radius 3 is 2.55 bits per heavy atom. The fraction of sp³-hybridized carbons (Fsp3) is 0.115. The van der Waals surface area contributed by atoms with Crippen LogP contribution in [0, 0.1) is 13.8 Å². The van der Waals surface area contributed by atoms with Crippen LogP contribution in [-0.4, -0.2) is 17.8 Å². The summed E-state index contributed by atoms with van der Waals surface area (Å²) in [6.45, 7) is 3.98. The zero-order valence-electron chi connectivity index (χ0n) is 18.1. The lowest BCUT2D eigenvalue weighted by molar-refractivity contribution is -0.122. The van der Waals surface area contributed by atoms with Gasteiger partial charge in [0.05, 0.1) is 5.69 Å². The monoisotopic (exact) mass is 460 g/mol. The molecule has 0 bridgehead atoms. The predicted molar refractivity (Wildman–Crippen MR) is 127 cm³/mol. The Morgan fingerprint density at radius 2 is 1.76 bits per heavy atom. The maximum Gasteiger partial charge on any atom is 0.335 e. The molecule has 1 saturated heterocycles. The third-order valence-corrected chi connectivity index (χ3v) is 5.41. The molecule has 0 aromatic heterocycles. The predicted octanol–water partition coefficient (Wildman–Crippen LogP) is 5.20. The van der Waals surface area contributed by atoms with Crippen molar-refractivity contribution in [3.63, 3.8) is 0 Å². The molecular weight excluding hydrogens is 440 g/mol. The second-order valence-corrected chi connectivity index (χ2v) is 8.18. The first-order valence-electron chi connectivity index (χ1n) is 10.3. The number of nitrogens with zero attached hydrogens (tertiary/aromatic N) is 1. The smallest absolute Gasteiger partial charge is 0.335 e. The lowest BCUT2D eigenvalue weighted by atomic mass is 10.0. The molecule has 0 unspecified atom stereocenters. The van der Waals surface area contributed by atoms with E-state index in [1.807, 2.05) is 37.3 Å². The van der Waals surface area contributed by atoms with Gasteiger partial charge in [-0.05, 0) is 72.5 Å². The molecule has 4 amide bonds. The van der Waals surface area contributed by atoms with Crippen LogP contribution in [0.2, 0.25) is 5.02 Å². The summed E-state index contributed by atoms with van der Waals surface area (Å²) in [5.41, 5.74) is 3.44. The van der Waals surface area contributed by atoms with Crippen LogP contribution < -0.4 is 15.0 Å². The van der Waals surface area contributed by atoms with Gasteiger partial charge < -0.3 is 4.74 Å². The zero-order valence-corrected chi connectivity index (χ0v) is 18.8. The lowest BCUT2D eigenvalue weighted by Crippen LogP contribution is -2.54. The second kappa shape index (κ2) is 9.30. The maximum absolute atomic E-state index is 13.2.